The van der Waals surface area contributed by atoms with E-state index in [9.17, 15) is 0 Å². The normalized spacial score (nSPS) is 11.2. The number of nitrogens with one attached hydrogen (secondary N) is 1. The number of methoxy groups -OCH3 is 1. The molecular formula is C16H18ClN3O. The highest BCUT2D eigenvalue weighted by atomic mass is 35.5. The van der Waals surface area contributed by atoms with Gasteiger partial charge in [0.2, 0.25) is 0 Å². The van der Waals surface area contributed by atoms with Gasteiger partial charge in [0.15, 0.2) is 5.96 Å². The summed E-state index contributed by atoms with van der Waals surface area (Å²) in [6, 6.07) is 15.3. The highest BCUT2D eigenvalue weighted by Crippen LogP contribution is 2.22. The fraction of sp³-hybridized carbons (Fsp3) is 0.188. The molecule has 0 spiro atoms. The molecule has 0 bridgehead atoms. The minimum absolute atomic E-state index is 0.363. The average Bonchev–Trinajstić information content (AvgIpc) is 2.48. The van der Waals surface area contributed by atoms with E-state index in [1.165, 1.54) is 0 Å². The van der Waals surface area contributed by atoms with E-state index in [1.54, 1.807) is 7.11 Å². The van der Waals surface area contributed by atoms with Crippen LogP contribution in [-0.4, -0.2) is 19.6 Å². The van der Waals surface area contributed by atoms with Crippen molar-refractivity contribution >= 4 is 23.2 Å². The molecule has 0 amide bonds. The van der Waals surface area contributed by atoms with Crippen LogP contribution in [0.1, 0.15) is 5.56 Å². The number of aliphatic imine (C=N–C) groups is 1. The van der Waals surface area contributed by atoms with Crippen LogP contribution in [0, 0.1) is 0 Å². The quantitative estimate of drug-likeness (QED) is 0.658. The molecule has 0 heterocycles. The van der Waals surface area contributed by atoms with Gasteiger partial charge < -0.3 is 15.8 Å². The summed E-state index contributed by atoms with van der Waals surface area (Å²) in [7, 11) is 1.62. The van der Waals surface area contributed by atoms with Gasteiger partial charge in [-0.1, -0.05) is 35.9 Å². The third-order valence-corrected chi connectivity index (χ3v) is 3.18. The van der Waals surface area contributed by atoms with E-state index in [1.807, 2.05) is 48.5 Å². The Morgan fingerprint density at radius 1 is 1.24 bits per heavy atom. The average molecular weight is 304 g/mol. The van der Waals surface area contributed by atoms with Crippen molar-refractivity contribution in [1.82, 2.24) is 0 Å². The first-order chi connectivity index (χ1) is 10.2. The second-order valence-corrected chi connectivity index (χ2v) is 4.91. The van der Waals surface area contributed by atoms with E-state index in [4.69, 9.17) is 22.1 Å². The second-order valence-electron chi connectivity index (χ2n) is 4.47. The van der Waals surface area contributed by atoms with Gasteiger partial charge in [0, 0.05) is 11.6 Å². The fourth-order valence-electron chi connectivity index (χ4n) is 1.92. The van der Waals surface area contributed by atoms with Gasteiger partial charge in [-0.05, 0) is 36.2 Å². The summed E-state index contributed by atoms with van der Waals surface area (Å²) < 4.78 is 5.25. The second kappa shape index (κ2) is 7.55. The molecule has 0 fully saturated rings. The molecule has 0 saturated heterocycles. The van der Waals surface area contributed by atoms with Gasteiger partial charge in [0.25, 0.3) is 0 Å². The lowest BCUT2D eigenvalue weighted by Crippen LogP contribution is -2.23. The van der Waals surface area contributed by atoms with Crippen LogP contribution in [-0.2, 0) is 6.42 Å². The molecule has 0 atom stereocenters. The fourth-order valence-corrected chi connectivity index (χ4v) is 2.14. The number of para-hydroxylation sites is 2. The maximum atomic E-state index is 5.94. The van der Waals surface area contributed by atoms with Gasteiger partial charge in [-0.25, -0.2) is 0 Å². The molecule has 4 nitrogen and oxygen atoms in total. The van der Waals surface area contributed by atoms with Crippen molar-refractivity contribution in [1.29, 1.82) is 0 Å². The summed E-state index contributed by atoms with van der Waals surface area (Å²) in [5, 5.41) is 3.77. The van der Waals surface area contributed by atoms with Crippen LogP contribution in [0.3, 0.4) is 0 Å². The van der Waals surface area contributed by atoms with E-state index in [-0.39, 0.29) is 0 Å². The van der Waals surface area contributed by atoms with E-state index >= 15 is 0 Å². The lowest BCUT2D eigenvalue weighted by molar-refractivity contribution is 0.417. The lowest BCUT2D eigenvalue weighted by atomic mass is 10.1. The predicted molar refractivity (Wildman–Crippen MR) is 88.3 cm³/mol. The molecule has 3 N–H and O–H groups in total. The maximum absolute atomic E-state index is 5.94. The van der Waals surface area contributed by atoms with Crippen molar-refractivity contribution in [2.45, 2.75) is 6.42 Å². The number of anilines is 1. The van der Waals surface area contributed by atoms with Gasteiger partial charge >= 0.3 is 0 Å². The Labute approximate surface area is 129 Å². The summed E-state index contributed by atoms with van der Waals surface area (Å²) in [6.07, 6.45) is 0.787. The number of nitrogens with zero attached hydrogens (tertiary/aromatic N) is 1. The third-order valence-electron chi connectivity index (χ3n) is 2.94. The summed E-state index contributed by atoms with van der Waals surface area (Å²) in [5.41, 5.74) is 7.81. The third kappa shape index (κ3) is 4.68. The van der Waals surface area contributed by atoms with Gasteiger partial charge in [-0.15, -0.1) is 0 Å². The molecule has 5 heteroatoms. The molecular weight excluding hydrogens is 286 g/mol. The smallest absolute Gasteiger partial charge is 0.193 e. The number of rotatable bonds is 5. The number of nitrogens with two attached hydrogens (primary N) is 1. The Kier molecular flexibility index (Phi) is 5.46. The molecule has 0 radical (unpaired) electrons. The standard InChI is InChI=1S/C16H18ClN3O/c1-21-15-8-3-2-7-14(15)20-16(18)19-10-9-12-5-4-6-13(17)11-12/h2-8,11H,9-10H2,1H3,(H3,18,19,20). The number of benzene rings is 2. The molecule has 2 rings (SSSR count). The number of hydrogen-bond donors (Lipinski definition) is 2. The van der Waals surface area contributed by atoms with Crippen molar-refractivity contribution in [3.8, 4) is 5.75 Å². The van der Waals surface area contributed by atoms with Crippen LogP contribution in [0.25, 0.3) is 0 Å². The molecule has 0 aliphatic rings. The zero-order chi connectivity index (χ0) is 15.1. The molecule has 0 aromatic heterocycles. The highest BCUT2D eigenvalue weighted by molar-refractivity contribution is 6.30. The van der Waals surface area contributed by atoms with E-state index in [0.29, 0.717) is 12.5 Å². The van der Waals surface area contributed by atoms with E-state index < -0.39 is 0 Å². The first kappa shape index (κ1) is 15.2. The van der Waals surface area contributed by atoms with Crippen molar-refractivity contribution in [3.05, 3.63) is 59.1 Å². The first-order valence-corrected chi connectivity index (χ1v) is 7.01. The molecule has 0 saturated carbocycles. The molecule has 0 unspecified atom stereocenters. The Morgan fingerprint density at radius 2 is 2.05 bits per heavy atom. The molecule has 110 valence electrons. The van der Waals surface area contributed by atoms with Crippen LogP contribution < -0.4 is 15.8 Å². The molecule has 21 heavy (non-hydrogen) atoms. The highest BCUT2D eigenvalue weighted by Gasteiger charge is 2.02. The summed E-state index contributed by atoms with van der Waals surface area (Å²) in [6.45, 7) is 0.592. The zero-order valence-corrected chi connectivity index (χ0v) is 12.6. The maximum Gasteiger partial charge on any atom is 0.193 e. The SMILES string of the molecule is COc1ccccc1NC(N)=NCCc1cccc(Cl)c1. The summed E-state index contributed by atoms with van der Waals surface area (Å²) in [5.74, 6) is 1.09. The number of hydrogen-bond acceptors (Lipinski definition) is 2. The number of halogens is 1. The largest absolute Gasteiger partial charge is 0.495 e. The number of ether oxygens (including phenoxy) is 1. The van der Waals surface area contributed by atoms with Crippen LogP contribution in [0.4, 0.5) is 5.69 Å². The minimum Gasteiger partial charge on any atom is -0.495 e. The molecule has 0 aliphatic carbocycles. The molecule has 2 aromatic rings. The monoisotopic (exact) mass is 303 g/mol. The Morgan fingerprint density at radius 3 is 2.81 bits per heavy atom. The van der Waals surface area contributed by atoms with Crippen molar-refractivity contribution in [3.63, 3.8) is 0 Å². The van der Waals surface area contributed by atoms with Crippen LogP contribution in [0.15, 0.2) is 53.5 Å². The van der Waals surface area contributed by atoms with Crippen molar-refractivity contribution < 1.29 is 4.74 Å². The van der Waals surface area contributed by atoms with E-state index in [2.05, 4.69) is 10.3 Å². The Hall–Kier alpha value is -2.20. The van der Waals surface area contributed by atoms with Gasteiger partial charge in [0.05, 0.1) is 12.8 Å². The summed E-state index contributed by atoms with van der Waals surface area (Å²) >= 11 is 5.94. The first-order valence-electron chi connectivity index (χ1n) is 6.63. The van der Waals surface area contributed by atoms with Gasteiger partial charge in [-0.3, -0.25) is 4.99 Å². The zero-order valence-electron chi connectivity index (χ0n) is 11.8. The topological polar surface area (TPSA) is 59.6 Å². The minimum atomic E-state index is 0.363. The number of guanidine groups is 1. The van der Waals surface area contributed by atoms with E-state index in [0.717, 1.165) is 28.4 Å². The molecule has 0 aliphatic heterocycles. The van der Waals surface area contributed by atoms with Crippen LogP contribution in [0.2, 0.25) is 5.02 Å². The molecule has 2 aromatic carbocycles. The van der Waals surface area contributed by atoms with Crippen LogP contribution >= 0.6 is 11.6 Å². The Bertz CT molecular complexity index is 628. The van der Waals surface area contributed by atoms with Crippen LogP contribution in [0.5, 0.6) is 5.75 Å². The predicted octanol–water partition coefficient (Wildman–Crippen LogP) is 3.32. The summed E-state index contributed by atoms with van der Waals surface area (Å²) in [4.78, 5) is 4.30. The van der Waals surface area contributed by atoms with Gasteiger partial charge in [0.1, 0.15) is 5.75 Å². The van der Waals surface area contributed by atoms with Crippen molar-refractivity contribution in [2.75, 3.05) is 19.0 Å². The van der Waals surface area contributed by atoms with Gasteiger partial charge in [-0.2, -0.15) is 0 Å². The Balaban J connectivity index is 1.92. The van der Waals surface area contributed by atoms with Crippen molar-refractivity contribution in [2.24, 2.45) is 10.7 Å². The lowest BCUT2D eigenvalue weighted by Gasteiger charge is -2.10.